The number of aromatic nitrogens is 10. The van der Waals surface area contributed by atoms with Gasteiger partial charge < -0.3 is 27.1 Å². The van der Waals surface area contributed by atoms with E-state index in [1.807, 2.05) is 109 Å². The molecule has 32 aromatic rings. The summed E-state index contributed by atoms with van der Waals surface area (Å²) in [5.41, 5.74) is 27.3. The van der Waals surface area contributed by atoms with E-state index in [1.54, 1.807) is 0 Å². The summed E-state index contributed by atoms with van der Waals surface area (Å²) in [5, 5.41) is 28.3. The van der Waals surface area contributed by atoms with Crippen molar-refractivity contribution in [2.24, 2.45) is 0 Å². The van der Waals surface area contributed by atoms with Crippen LogP contribution < -0.4 is 0 Å². The summed E-state index contributed by atoms with van der Waals surface area (Å²) in [4.78, 5) is 30.4. The van der Waals surface area contributed by atoms with Gasteiger partial charge in [0.2, 0.25) is 0 Å². The summed E-state index contributed by atoms with van der Waals surface area (Å²) >= 11 is 0. The molecule has 0 N–H and O–H groups in total. The van der Waals surface area contributed by atoms with Gasteiger partial charge in [-0.3, -0.25) is 0 Å². The van der Waals surface area contributed by atoms with Crippen molar-refractivity contribution >= 4 is 196 Å². The number of benzene rings is 24. The lowest BCUT2D eigenvalue weighted by Crippen LogP contribution is -2.00. The van der Waals surface area contributed by atoms with Crippen molar-refractivity contribution in [3.05, 3.63) is 497 Å². The average Bonchev–Trinajstić information content (AvgIpc) is 1.67. The molecule has 0 aliphatic carbocycles. The van der Waals surface area contributed by atoms with Crippen molar-refractivity contribution in [3.8, 4) is 113 Å². The molecular formula is C138H82N10O2. The Morgan fingerprint density at radius 2 is 0.347 bits per heavy atom. The van der Waals surface area contributed by atoms with Crippen LogP contribution in [0.2, 0.25) is 0 Å². The number of para-hydroxylation sites is 8. The minimum Gasteiger partial charge on any atom is -0.454 e. The van der Waals surface area contributed by atoms with E-state index in [2.05, 4.69) is 407 Å². The van der Waals surface area contributed by atoms with Crippen molar-refractivity contribution in [1.82, 2.24) is 48.2 Å². The molecule has 0 fully saturated rings. The second kappa shape index (κ2) is 33.6. The van der Waals surface area contributed by atoms with Gasteiger partial charge in [0, 0.05) is 109 Å². The van der Waals surface area contributed by atoms with Gasteiger partial charge in [0.25, 0.3) is 0 Å². The van der Waals surface area contributed by atoms with Crippen LogP contribution >= 0.6 is 0 Å². The predicted octanol–water partition coefficient (Wildman–Crippen LogP) is 36.2. The highest BCUT2D eigenvalue weighted by Gasteiger charge is 2.27. The third-order valence-electron chi connectivity index (χ3n) is 30.7. The number of rotatable bonds is 12. The number of fused-ring (bicyclic) bond motifs is 30. The summed E-state index contributed by atoms with van der Waals surface area (Å²) in [6, 6.07) is 178. The molecule has 0 aliphatic heterocycles. The smallest absolute Gasteiger partial charge is 0.164 e. The zero-order chi connectivity index (χ0) is 98.3. The fraction of sp³-hybridized carbons (Fsp3) is 0. The largest absolute Gasteiger partial charge is 0.454 e. The fourth-order valence-corrected chi connectivity index (χ4v) is 23.8. The predicted molar refractivity (Wildman–Crippen MR) is 620 cm³/mol. The Morgan fingerprint density at radius 3 is 0.687 bits per heavy atom. The van der Waals surface area contributed by atoms with Crippen molar-refractivity contribution in [3.63, 3.8) is 0 Å². The number of hydrogen-bond acceptors (Lipinski definition) is 8. The molecule has 0 amide bonds. The highest BCUT2D eigenvalue weighted by atomic mass is 16.3. The summed E-state index contributed by atoms with van der Waals surface area (Å²) in [7, 11) is 0. The molecule has 0 aliphatic rings. The molecule has 0 saturated heterocycles. The summed E-state index contributed by atoms with van der Waals surface area (Å²) in [5.74, 6) is 3.84. The Bertz CT molecular complexity index is 11100. The van der Waals surface area contributed by atoms with Crippen LogP contribution in [0, 0.1) is 0 Å². The van der Waals surface area contributed by atoms with Crippen molar-refractivity contribution in [2.75, 3.05) is 0 Å². The van der Waals surface area contributed by atoms with Crippen LogP contribution in [0.3, 0.4) is 0 Å². The Balaban J connectivity index is 0.000000135. The Hall–Kier alpha value is -20.3. The first-order chi connectivity index (χ1) is 74.4. The van der Waals surface area contributed by atoms with E-state index in [1.165, 1.54) is 108 Å². The second-order valence-corrected chi connectivity index (χ2v) is 39.0. The Morgan fingerprint density at radius 1 is 0.127 bits per heavy atom. The minimum atomic E-state index is 0.630. The van der Waals surface area contributed by atoms with Crippen LogP contribution in [0.1, 0.15) is 0 Å². The first kappa shape index (κ1) is 84.2. The molecule has 150 heavy (non-hydrogen) atoms. The monoisotopic (exact) mass is 1910 g/mol. The second-order valence-electron chi connectivity index (χ2n) is 39.0. The van der Waals surface area contributed by atoms with Gasteiger partial charge in [0.1, 0.15) is 11.2 Å². The maximum Gasteiger partial charge on any atom is 0.164 e. The maximum atomic E-state index is 6.59. The van der Waals surface area contributed by atoms with Crippen LogP contribution in [0.4, 0.5) is 0 Å². The van der Waals surface area contributed by atoms with E-state index in [0.717, 1.165) is 166 Å². The lowest BCUT2D eigenvalue weighted by molar-refractivity contribution is 0.666. The third kappa shape index (κ3) is 13.4. The van der Waals surface area contributed by atoms with Gasteiger partial charge in [-0.05, 0) is 220 Å². The molecule has 32 rings (SSSR count). The molecule has 12 heteroatoms. The SMILES string of the molecule is c1ccc(-c2nc(-c3ccccc3)nc(-c3ccc4c5ccc(-n6c7ccccc7c7cc(-c8ccc9c(c8)c8ccccc8n9-c8cccc9c8oc8ccccc89)ccc76)cc5c5ccccc5c4c3)n2)cc1.c1ccc(-c2nc(-c3ccccc3)nc(-c3ccc4c5ccccc5c5ccc(-n6c7ccccc7c7cc(-c8ccc9c(c8)c8ccccc8n9-c8cccc9c8oc8ccccc89)ccc76)cc5c4c3)n2)cc1. The molecule has 8 heterocycles. The van der Waals surface area contributed by atoms with Crippen LogP contribution in [0.25, 0.3) is 309 Å². The molecule has 12 nitrogen and oxygen atoms in total. The molecule has 0 saturated carbocycles. The fourth-order valence-electron chi connectivity index (χ4n) is 23.8. The van der Waals surface area contributed by atoms with E-state index in [0.29, 0.717) is 34.9 Å². The molecule has 0 spiro atoms. The van der Waals surface area contributed by atoms with Gasteiger partial charge in [-0.15, -0.1) is 0 Å². The number of furan rings is 2. The zero-order valence-corrected chi connectivity index (χ0v) is 80.6. The molecule has 24 aromatic carbocycles. The van der Waals surface area contributed by atoms with Gasteiger partial charge in [0.15, 0.2) is 46.1 Å². The zero-order valence-electron chi connectivity index (χ0n) is 80.6. The van der Waals surface area contributed by atoms with Gasteiger partial charge >= 0.3 is 0 Å². The minimum absolute atomic E-state index is 0.630. The van der Waals surface area contributed by atoms with Crippen LogP contribution in [-0.4, -0.2) is 48.2 Å². The highest BCUT2D eigenvalue weighted by molar-refractivity contribution is 6.29. The van der Waals surface area contributed by atoms with Crippen molar-refractivity contribution in [1.29, 1.82) is 0 Å². The first-order valence-electron chi connectivity index (χ1n) is 50.8. The molecule has 0 unspecified atom stereocenters. The highest BCUT2D eigenvalue weighted by Crippen LogP contribution is 2.49. The molecule has 8 aromatic heterocycles. The quantitative estimate of drug-likeness (QED) is 0.111. The molecular weight excluding hydrogens is 1830 g/mol. The van der Waals surface area contributed by atoms with Gasteiger partial charge in [-0.25, -0.2) is 29.9 Å². The van der Waals surface area contributed by atoms with Crippen molar-refractivity contribution < 1.29 is 8.83 Å². The average molecular weight is 1910 g/mol. The van der Waals surface area contributed by atoms with Crippen LogP contribution in [0.5, 0.6) is 0 Å². The Labute approximate surface area is 857 Å². The standard InChI is InChI=1S/2C69H41N5O/c1-3-16-42(17-4-1)67-70-68(43-18-5-2-6-19-43)72-69(71-67)46-30-34-50-51-35-33-47(41-57(51)49-21-8-7-20-48(49)56(50)40-46)73-60-26-12-9-22-52(60)58-38-44(31-36-62(58)73)45-32-37-63-59(39-45)53-23-10-13-27-61(53)74(63)64-28-15-25-55-54-24-11-14-29-65(54)75-66(55)64;1-3-16-42(17-4-1)67-70-68(43-18-5-2-6-19-43)72-69(71-67)46-30-34-50-48-20-7-8-21-49(48)51-35-33-47(41-57(51)56(50)40-46)73-60-26-12-9-22-52(60)58-38-44(31-36-62(58)73)45-32-37-63-59(39-45)53-23-10-13-27-61(53)74(63)64-28-15-25-55-54-24-11-14-29-65(54)75-66(55)64/h2*1-41H. The van der Waals surface area contributed by atoms with E-state index in [-0.39, 0.29) is 0 Å². The molecule has 0 atom stereocenters. The normalized spacial score (nSPS) is 12.0. The van der Waals surface area contributed by atoms with E-state index in [4.69, 9.17) is 38.7 Å². The summed E-state index contributed by atoms with van der Waals surface area (Å²) in [6.45, 7) is 0. The van der Waals surface area contributed by atoms with Gasteiger partial charge in [-0.2, -0.15) is 0 Å². The third-order valence-corrected chi connectivity index (χ3v) is 30.7. The lowest BCUT2D eigenvalue weighted by Gasteiger charge is -2.15. The lowest BCUT2D eigenvalue weighted by atomic mass is 9.93. The first-order valence-corrected chi connectivity index (χ1v) is 50.8. The topological polar surface area (TPSA) is 123 Å². The number of nitrogens with zero attached hydrogens (tertiary/aromatic N) is 10. The number of hydrogen-bond donors (Lipinski definition) is 0. The van der Waals surface area contributed by atoms with Crippen LogP contribution in [-0.2, 0) is 0 Å². The van der Waals surface area contributed by atoms with E-state index >= 15 is 0 Å². The van der Waals surface area contributed by atoms with Crippen molar-refractivity contribution in [2.45, 2.75) is 0 Å². The maximum absolute atomic E-state index is 6.59. The van der Waals surface area contributed by atoms with E-state index in [9.17, 15) is 0 Å². The molecule has 0 bridgehead atoms. The summed E-state index contributed by atoms with van der Waals surface area (Å²) in [6.07, 6.45) is 0. The van der Waals surface area contributed by atoms with Gasteiger partial charge in [-0.1, -0.05) is 364 Å². The van der Waals surface area contributed by atoms with Crippen LogP contribution in [0.15, 0.2) is 506 Å². The Kier molecular flexibility index (Phi) is 18.9. The molecule has 696 valence electrons. The summed E-state index contributed by atoms with van der Waals surface area (Å²) < 4.78 is 22.8. The van der Waals surface area contributed by atoms with E-state index < -0.39 is 0 Å². The molecule has 0 radical (unpaired) electrons. The van der Waals surface area contributed by atoms with Gasteiger partial charge in [0.05, 0.1) is 55.5 Å².